The molecule has 4 fully saturated rings. The summed E-state index contributed by atoms with van der Waals surface area (Å²) in [5.41, 5.74) is 2.26. The van der Waals surface area contributed by atoms with E-state index in [9.17, 15) is 8.78 Å². The van der Waals surface area contributed by atoms with Crippen LogP contribution in [0, 0.1) is 5.41 Å². The molecule has 6 heteroatoms. The van der Waals surface area contributed by atoms with Crippen LogP contribution in [0.1, 0.15) is 72.1 Å². The lowest BCUT2D eigenvalue weighted by Gasteiger charge is -2.38. The highest BCUT2D eigenvalue weighted by atomic mass is 33.1. The summed E-state index contributed by atoms with van der Waals surface area (Å²) in [5, 5.41) is 0.566. The van der Waals surface area contributed by atoms with E-state index in [4.69, 9.17) is 0 Å². The zero-order valence-electron chi connectivity index (χ0n) is 18.1. The maximum absolute atomic E-state index is 13.3. The van der Waals surface area contributed by atoms with Crippen LogP contribution < -0.4 is 0 Å². The first-order valence-electron chi connectivity index (χ1n) is 11.2. The Morgan fingerprint density at radius 2 is 1.79 bits per heavy atom. The molecule has 0 amide bonds. The molecule has 4 aliphatic rings. The number of fused-ring (bicyclic) bond motifs is 2. The third-order valence-electron chi connectivity index (χ3n) is 7.85. The lowest BCUT2D eigenvalue weighted by molar-refractivity contribution is 0.141. The third-order valence-corrected chi connectivity index (χ3v) is 9.46. The van der Waals surface area contributed by atoms with E-state index >= 15 is 0 Å². The van der Waals surface area contributed by atoms with Gasteiger partial charge in [-0.3, -0.25) is 9.80 Å². The Morgan fingerprint density at radius 3 is 2.45 bits per heavy atom. The molecule has 29 heavy (non-hydrogen) atoms. The highest BCUT2D eigenvalue weighted by molar-refractivity contribution is 8.68. The normalized spacial score (nSPS) is 35.5. The molecule has 4 heterocycles. The van der Waals surface area contributed by atoms with Crippen molar-refractivity contribution in [3.05, 3.63) is 23.3 Å². The van der Waals surface area contributed by atoms with E-state index in [1.807, 2.05) is 0 Å². The Balaban J connectivity index is 1.50. The van der Waals surface area contributed by atoms with Crippen LogP contribution in [0.25, 0.3) is 0 Å². The summed E-state index contributed by atoms with van der Waals surface area (Å²) in [4.78, 5) is 5.06. The molecule has 0 aliphatic carbocycles. The summed E-state index contributed by atoms with van der Waals surface area (Å²) in [7, 11) is 1.68. The van der Waals surface area contributed by atoms with Gasteiger partial charge >= 0.3 is 0 Å². The van der Waals surface area contributed by atoms with Gasteiger partial charge in [-0.2, -0.15) is 8.78 Å². The number of nitrogens with zero attached hydrogens (tertiary/aromatic N) is 2. The number of halogens is 2. The van der Waals surface area contributed by atoms with E-state index in [2.05, 4.69) is 48.3 Å². The van der Waals surface area contributed by atoms with Gasteiger partial charge < -0.3 is 0 Å². The van der Waals surface area contributed by atoms with E-state index in [1.165, 1.54) is 32.2 Å². The van der Waals surface area contributed by atoms with Gasteiger partial charge in [0.1, 0.15) is 0 Å². The van der Waals surface area contributed by atoms with Crippen LogP contribution in [0.4, 0.5) is 8.78 Å². The van der Waals surface area contributed by atoms with Gasteiger partial charge in [-0.15, -0.1) is 11.7 Å². The molecule has 4 rings (SSSR count). The van der Waals surface area contributed by atoms with Gasteiger partial charge in [-0.1, -0.05) is 43.2 Å². The lowest BCUT2D eigenvalue weighted by atomic mass is 9.74. The zero-order chi connectivity index (χ0) is 20.9. The summed E-state index contributed by atoms with van der Waals surface area (Å²) >= 11 is 4.45. The van der Waals surface area contributed by atoms with Crippen molar-refractivity contribution in [2.24, 2.45) is 5.41 Å². The van der Waals surface area contributed by atoms with E-state index in [0.717, 1.165) is 32.4 Å². The average molecular weight is 443 g/mol. The van der Waals surface area contributed by atoms with Crippen molar-refractivity contribution in [3.63, 3.8) is 0 Å². The van der Waals surface area contributed by atoms with Crippen LogP contribution in [-0.4, -0.2) is 52.3 Å². The van der Waals surface area contributed by atoms with E-state index in [-0.39, 0.29) is 11.0 Å². The topological polar surface area (TPSA) is 6.48 Å². The number of thiol groups is 1. The minimum Gasteiger partial charge on any atom is -0.293 e. The summed E-state index contributed by atoms with van der Waals surface area (Å²) in [6.07, 6.45) is 9.82. The largest absolute Gasteiger partial charge is 0.293 e. The van der Waals surface area contributed by atoms with Crippen LogP contribution in [-0.2, 0) is 0 Å². The lowest BCUT2D eigenvalue weighted by Crippen LogP contribution is -2.41. The van der Waals surface area contributed by atoms with Gasteiger partial charge in [0.2, 0.25) is 0 Å². The van der Waals surface area contributed by atoms with Crippen LogP contribution >= 0.6 is 22.5 Å². The third kappa shape index (κ3) is 4.33. The number of hydrogen-bond donors (Lipinski definition) is 1. The molecular formula is C23H36F2N2S2. The van der Waals surface area contributed by atoms with Gasteiger partial charge in [0.05, 0.1) is 0 Å². The van der Waals surface area contributed by atoms with Gasteiger partial charge in [0.15, 0.2) is 0 Å². The predicted octanol–water partition coefficient (Wildman–Crippen LogP) is 6.31. The smallest absolute Gasteiger partial charge is 0.270 e. The van der Waals surface area contributed by atoms with E-state index in [1.54, 1.807) is 16.4 Å². The second-order valence-electron chi connectivity index (χ2n) is 10.8. The number of allylic oxidation sites excluding steroid dienone is 1. The quantitative estimate of drug-likeness (QED) is 0.293. The monoisotopic (exact) mass is 442 g/mol. The Bertz CT molecular complexity index is 703. The number of rotatable bonds is 6. The molecular weight excluding hydrogens is 406 g/mol. The molecule has 0 N–H and O–H groups in total. The molecule has 0 aromatic rings. The van der Waals surface area contributed by atoms with Crippen molar-refractivity contribution in [3.8, 4) is 0 Å². The van der Waals surface area contributed by atoms with Crippen molar-refractivity contribution in [1.82, 2.24) is 9.80 Å². The Morgan fingerprint density at radius 1 is 1.14 bits per heavy atom. The van der Waals surface area contributed by atoms with Crippen LogP contribution in [0.5, 0.6) is 0 Å². The first-order chi connectivity index (χ1) is 13.7. The number of hydrogen-bond acceptors (Lipinski definition) is 4. The first kappa shape index (κ1) is 22.2. The molecule has 0 spiro atoms. The SMILES string of the molecule is CC(CC12CCCN1C/C(=C\C(C)(C)CC13CCCN1CC(=C(F)F)C3)C2)SS. The van der Waals surface area contributed by atoms with E-state index in [0.29, 0.717) is 29.3 Å². The fourth-order valence-corrected chi connectivity index (χ4v) is 7.71. The zero-order valence-corrected chi connectivity index (χ0v) is 19.9. The molecule has 4 aliphatic heterocycles. The van der Waals surface area contributed by atoms with Crippen molar-refractivity contribution in [2.75, 3.05) is 26.2 Å². The summed E-state index contributed by atoms with van der Waals surface area (Å²) in [5.74, 6) is 0. The molecule has 0 saturated carbocycles. The van der Waals surface area contributed by atoms with Crippen molar-refractivity contribution in [2.45, 2.75) is 88.5 Å². The molecule has 0 bridgehead atoms. The van der Waals surface area contributed by atoms with Gasteiger partial charge in [-0.25, -0.2) is 0 Å². The molecule has 0 radical (unpaired) electrons. The minimum absolute atomic E-state index is 0.0328. The first-order valence-corrected chi connectivity index (χ1v) is 13.1. The minimum atomic E-state index is -1.44. The molecule has 0 aromatic carbocycles. The Labute approximate surface area is 184 Å². The maximum Gasteiger partial charge on any atom is 0.270 e. The van der Waals surface area contributed by atoms with Gasteiger partial charge in [-0.05, 0) is 69.9 Å². The molecule has 4 saturated heterocycles. The highest BCUT2D eigenvalue weighted by Gasteiger charge is 2.50. The second kappa shape index (κ2) is 8.14. The van der Waals surface area contributed by atoms with Crippen molar-refractivity contribution in [1.29, 1.82) is 0 Å². The second-order valence-corrected chi connectivity index (χ2v) is 12.5. The summed E-state index contributed by atoms with van der Waals surface area (Å²) in [6.45, 7) is 10.7. The molecule has 3 unspecified atom stereocenters. The Kier molecular flexibility index (Phi) is 6.22. The maximum atomic E-state index is 13.3. The van der Waals surface area contributed by atoms with Gasteiger partial charge in [0.25, 0.3) is 6.08 Å². The van der Waals surface area contributed by atoms with Crippen molar-refractivity contribution >= 4 is 22.5 Å². The molecule has 164 valence electrons. The van der Waals surface area contributed by atoms with Crippen molar-refractivity contribution < 1.29 is 8.78 Å². The van der Waals surface area contributed by atoms with Gasteiger partial charge in [0, 0.05) is 35.0 Å². The average Bonchev–Trinajstić information content (AvgIpc) is 3.31. The standard InChI is InChI=1S/C23H36F2N2S2/c1-17(29-28)10-22-6-4-8-26(22)14-18(12-22)11-21(2,3)16-23-7-5-9-27(23)15-19(13-23)20(24)25/h11,17,28H,4-10,12-16H2,1-3H3/b18-11-. The van der Waals surface area contributed by atoms with Crippen LogP contribution in [0.15, 0.2) is 23.3 Å². The van der Waals surface area contributed by atoms with E-state index < -0.39 is 6.08 Å². The molecule has 0 aromatic heterocycles. The fourth-order valence-electron chi connectivity index (χ4n) is 7.10. The molecule has 2 nitrogen and oxygen atoms in total. The van der Waals surface area contributed by atoms with Crippen LogP contribution in [0.2, 0.25) is 0 Å². The predicted molar refractivity (Wildman–Crippen MR) is 123 cm³/mol. The molecule has 3 atom stereocenters. The Hall–Kier alpha value is -0.0400. The summed E-state index contributed by atoms with van der Waals surface area (Å²) < 4.78 is 26.6. The van der Waals surface area contributed by atoms with Crippen LogP contribution in [0.3, 0.4) is 0 Å². The highest BCUT2D eigenvalue weighted by Crippen LogP contribution is 2.51. The fraction of sp³-hybridized carbons (Fsp3) is 0.826. The summed E-state index contributed by atoms with van der Waals surface area (Å²) in [6, 6.07) is 0.